The number of methoxy groups -OCH3 is 1. The number of unbranched alkanes of at least 4 members (excludes halogenated alkanes) is 10. The lowest BCUT2D eigenvalue weighted by Gasteiger charge is -2.31. The van der Waals surface area contributed by atoms with E-state index in [-0.39, 0.29) is 23.9 Å². The minimum absolute atomic E-state index is 0.00128. The van der Waals surface area contributed by atoms with Gasteiger partial charge in [0.25, 0.3) is 0 Å². The molecule has 1 atom stereocenters. The lowest BCUT2D eigenvalue weighted by Crippen LogP contribution is -2.41. The molecule has 0 heterocycles. The van der Waals surface area contributed by atoms with E-state index >= 15 is 0 Å². The van der Waals surface area contributed by atoms with Crippen molar-refractivity contribution in [3.05, 3.63) is 0 Å². The van der Waals surface area contributed by atoms with Crippen molar-refractivity contribution < 1.29 is 22.7 Å². The minimum Gasteiger partial charge on any atom is -0.467 e. The maximum absolute atomic E-state index is 12.2. The molecule has 1 unspecified atom stereocenters. The molecule has 0 radical (unpaired) electrons. The van der Waals surface area contributed by atoms with Gasteiger partial charge in [-0.15, -0.1) is 0 Å². The fourth-order valence-electron chi connectivity index (χ4n) is 4.39. The number of rotatable bonds is 19. The average molecular weight is 476 g/mol. The average Bonchev–Trinajstić information content (AvgIpc) is 2.78. The first-order valence-electron chi connectivity index (χ1n) is 13.1. The zero-order chi connectivity index (χ0) is 23.7. The maximum atomic E-state index is 12.2. The van der Waals surface area contributed by atoms with E-state index in [1.807, 2.05) is 6.92 Å². The molecule has 190 valence electrons. The number of carbonyl (C=O) groups excluding carboxylic acids is 1. The molecule has 1 rings (SSSR count). The summed E-state index contributed by atoms with van der Waals surface area (Å²) >= 11 is 0. The molecule has 0 spiro atoms. The van der Waals surface area contributed by atoms with Gasteiger partial charge >= 0.3 is 5.97 Å². The van der Waals surface area contributed by atoms with Crippen molar-refractivity contribution in [1.29, 1.82) is 0 Å². The molecule has 1 aliphatic rings. The van der Waals surface area contributed by atoms with Crippen LogP contribution in [0.5, 0.6) is 0 Å². The van der Waals surface area contributed by atoms with Crippen molar-refractivity contribution in [3.8, 4) is 0 Å². The molecule has 32 heavy (non-hydrogen) atoms. The van der Waals surface area contributed by atoms with Crippen molar-refractivity contribution in [1.82, 2.24) is 4.72 Å². The summed E-state index contributed by atoms with van der Waals surface area (Å²) in [4.78, 5) is 12.2. The van der Waals surface area contributed by atoms with Gasteiger partial charge < -0.3 is 9.47 Å². The third-order valence-corrected chi connectivity index (χ3v) is 7.95. The lowest BCUT2D eigenvalue weighted by atomic mass is 9.93. The molecule has 7 heteroatoms. The highest BCUT2D eigenvalue weighted by Gasteiger charge is 2.29. The van der Waals surface area contributed by atoms with Crippen LogP contribution >= 0.6 is 0 Å². The van der Waals surface area contributed by atoms with Crippen LogP contribution < -0.4 is 4.72 Å². The molecule has 0 bridgehead atoms. The smallest absolute Gasteiger partial charge is 0.334 e. The van der Waals surface area contributed by atoms with Crippen LogP contribution in [0.1, 0.15) is 123 Å². The van der Waals surface area contributed by atoms with Crippen LogP contribution in [0.2, 0.25) is 0 Å². The SMILES string of the molecule is CCCCCCCCCCCCC(OC1CCC(NS(=O)(=O)CCCC)CC1)C(=O)OC. The summed E-state index contributed by atoms with van der Waals surface area (Å²) in [7, 11) is -1.78. The normalized spacial score (nSPS) is 20.2. The number of hydrogen-bond acceptors (Lipinski definition) is 5. The fraction of sp³-hybridized carbons (Fsp3) is 0.960. The summed E-state index contributed by atoms with van der Waals surface area (Å²) in [5.74, 6) is -0.0910. The molecule has 0 aliphatic heterocycles. The largest absolute Gasteiger partial charge is 0.467 e. The summed E-state index contributed by atoms with van der Waals surface area (Å²) < 4.78 is 38.1. The second-order valence-corrected chi connectivity index (χ2v) is 11.3. The Bertz CT molecular complexity index is 573. The second-order valence-electron chi connectivity index (χ2n) is 9.38. The number of ether oxygens (including phenoxy) is 2. The first-order valence-corrected chi connectivity index (χ1v) is 14.8. The van der Waals surface area contributed by atoms with Gasteiger partial charge in [0.05, 0.1) is 19.0 Å². The fourth-order valence-corrected chi connectivity index (χ4v) is 5.92. The van der Waals surface area contributed by atoms with E-state index in [0.717, 1.165) is 44.9 Å². The summed E-state index contributed by atoms with van der Waals surface area (Å²) in [6, 6.07) is -0.0183. The Labute approximate surface area is 197 Å². The van der Waals surface area contributed by atoms with Crippen LogP contribution in [0.3, 0.4) is 0 Å². The predicted octanol–water partition coefficient (Wildman–Crippen LogP) is 5.89. The molecule has 1 fully saturated rings. The molecular formula is C25H49NO5S. The topological polar surface area (TPSA) is 81.7 Å². The Morgan fingerprint density at radius 2 is 1.38 bits per heavy atom. The zero-order valence-electron chi connectivity index (χ0n) is 20.9. The van der Waals surface area contributed by atoms with E-state index in [1.54, 1.807) is 0 Å². The van der Waals surface area contributed by atoms with E-state index in [2.05, 4.69) is 11.6 Å². The van der Waals surface area contributed by atoms with Gasteiger partial charge in [0.1, 0.15) is 0 Å². The van der Waals surface area contributed by atoms with Crippen molar-refractivity contribution in [2.45, 2.75) is 141 Å². The zero-order valence-corrected chi connectivity index (χ0v) is 21.7. The Morgan fingerprint density at radius 3 is 1.91 bits per heavy atom. The first-order chi connectivity index (χ1) is 15.4. The van der Waals surface area contributed by atoms with Gasteiger partial charge in [-0.05, 0) is 38.5 Å². The van der Waals surface area contributed by atoms with Gasteiger partial charge in [0.2, 0.25) is 10.0 Å². The Hall–Kier alpha value is -0.660. The van der Waals surface area contributed by atoms with Gasteiger partial charge in [0, 0.05) is 6.04 Å². The molecule has 0 aromatic carbocycles. The highest BCUT2D eigenvalue weighted by atomic mass is 32.2. The molecule has 1 N–H and O–H groups in total. The van der Waals surface area contributed by atoms with E-state index in [1.165, 1.54) is 58.5 Å². The van der Waals surface area contributed by atoms with Crippen molar-refractivity contribution >= 4 is 16.0 Å². The van der Waals surface area contributed by atoms with Crippen molar-refractivity contribution in [3.63, 3.8) is 0 Å². The first kappa shape index (κ1) is 29.4. The molecule has 1 saturated carbocycles. The van der Waals surface area contributed by atoms with Gasteiger partial charge in [-0.25, -0.2) is 17.9 Å². The second kappa shape index (κ2) is 17.8. The molecule has 1 aliphatic carbocycles. The van der Waals surface area contributed by atoms with Crippen LogP contribution in [-0.4, -0.2) is 45.5 Å². The summed E-state index contributed by atoms with van der Waals surface area (Å²) in [6.45, 7) is 4.24. The summed E-state index contributed by atoms with van der Waals surface area (Å²) in [5.41, 5.74) is 0. The Morgan fingerprint density at radius 1 is 0.844 bits per heavy atom. The highest BCUT2D eigenvalue weighted by molar-refractivity contribution is 7.89. The van der Waals surface area contributed by atoms with E-state index < -0.39 is 16.1 Å². The van der Waals surface area contributed by atoms with Crippen LogP contribution in [0, 0.1) is 0 Å². The predicted molar refractivity (Wildman–Crippen MR) is 131 cm³/mol. The van der Waals surface area contributed by atoms with Gasteiger partial charge in [-0.2, -0.15) is 0 Å². The van der Waals surface area contributed by atoms with Crippen LogP contribution in [-0.2, 0) is 24.3 Å². The molecule has 0 aromatic heterocycles. The number of hydrogen-bond donors (Lipinski definition) is 1. The number of sulfonamides is 1. The maximum Gasteiger partial charge on any atom is 0.334 e. The number of carbonyl (C=O) groups is 1. The highest BCUT2D eigenvalue weighted by Crippen LogP contribution is 2.25. The lowest BCUT2D eigenvalue weighted by molar-refractivity contribution is -0.160. The monoisotopic (exact) mass is 475 g/mol. The standard InChI is InChI=1S/C25H49NO5S/c1-4-6-8-9-10-11-12-13-14-15-16-24(25(27)30-3)31-23-19-17-22(18-20-23)26-32(28,29)21-7-5-2/h22-24,26H,4-21H2,1-3H3. The minimum atomic E-state index is -3.19. The quantitative estimate of drug-likeness (QED) is 0.186. The van der Waals surface area contributed by atoms with Gasteiger partial charge in [-0.3, -0.25) is 0 Å². The van der Waals surface area contributed by atoms with E-state index in [0.29, 0.717) is 12.8 Å². The summed E-state index contributed by atoms with van der Waals surface area (Å²) in [6.07, 6.45) is 17.4. The molecule has 0 saturated heterocycles. The Balaban J connectivity index is 2.25. The molecule has 6 nitrogen and oxygen atoms in total. The van der Waals surface area contributed by atoms with Crippen LogP contribution in [0.25, 0.3) is 0 Å². The van der Waals surface area contributed by atoms with Gasteiger partial charge in [-0.1, -0.05) is 84.5 Å². The third kappa shape index (κ3) is 13.8. The number of nitrogens with one attached hydrogen (secondary N) is 1. The molecule has 0 aromatic rings. The summed E-state index contributed by atoms with van der Waals surface area (Å²) in [5, 5.41) is 0. The van der Waals surface area contributed by atoms with Crippen LogP contribution in [0.15, 0.2) is 0 Å². The number of esters is 1. The van der Waals surface area contributed by atoms with Crippen molar-refractivity contribution in [2.24, 2.45) is 0 Å². The third-order valence-electron chi connectivity index (χ3n) is 6.43. The van der Waals surface area contributed by atoms with E-state index in [4.69, 9.17) is 9.47 Å². The Kier molecular flexibility index (Phi) is 16.3. The van der Waals surface area contributed by atoms with E-state index in [9.17, 15) is 13.2 Å². The van der Waals surface area contributed by atoms with Crippen LogP contribution in [0.4, 0.5) is 0 Å². The molecular weight excluding hydrogens is 426 g/mol. The molecule has 0 amide bonds. The van der Waals surface area contributed by atoms with Gasteiger partial charge in [0.15, 0.2) is 6.10 Å². The van der Waals surface area contributed by atoms with Crippen molar-refractivity contribution in [2.75, 3.05) is 12.9 Å².